The van der Waals surface area contributed by atoms with Crippen LogP contribution in [0.25, 0.3) is 11.3 Å². The summed E-state index contributed by atoms with van der Waals surface area (Å²) in [4.78, 5) is 17.4. The van der Waals surface area contributed by atoms with Crippen LogP contribution in [0.15, 0.2) is 54.7 Å². The molecule has 1 aliphatic rings. The summed E-state index contributed by atoms with van der Waals surface area (Å²) in [5.74, 6) is -1.97. The largest absolute Gasteiger partial charge is 0.391 e. The second-order valence-electron chi connectivity index (χ2n) is 8.86. The van der Waals surface area contributed by atoms with E-state index < -0.39 is 35.2 Å². The van der Waals surface area contributed by atoms with E-state index in [0.29, 0.717) is 22.5 Å². The van der Waals surface area contributed by atoms with E-state index in [1.165, 1.54) is 0 Å². The molecule has 32 heavy (non-hydrogen) atoms. The Kier molecular flexibility index (Phi) is 5.69. The Bertz CT molecular complexity index is 1170. The van der Waals surface area contributed by atoms with Crippen LogP contribution in [0.1, 0.15) is 43.0 Å². The molecular formula is C25H25F2N3O2. The van der Waals surface area contributed by atoms with Crippen LogP contribution in [0.3, 0.4) is 0 Å². The number of aromatic nitrogens is 1. The van der Waals surface area contributed by atoms with Crippen LogP contribution in [0, 0.1) is 18.6 Å². The number of aliphatic hydroxyl groups excluding tert-OH is 1. The van der Waals surface area contributed by atoms with Crippen molar-refractivity contribution in [2.75, 3.05) is 5.32 Å². The van der Waals surface area contributed by atoms with Crippen LogP contribution in [0.5, 0.6) is 0 Å². The third-order valence-corrected chi connectivity index (χ3v) is 5.87. The lowest BCUT2D eigenvalue weighted by Gasteiger charge is -2.40. The zero-order valence-corrected chi connectivity index (χ0v) is 18.1. The van der Waals surface area contributed by atoms with Gasteiger partial charge in [0.25, 0.3) is 0 Å². The van der Waals surface area contributed by atoms with E-state index in [1.807, 2.05) is 51.1 Å². The SMILES string of the molecule is Cc1cnc(-c2ccccc2)c(NC(=O)NC2c3cc(F)c(F)cc3C(C)(C)CC2O)c1. The summed E-state index contributed by atoms with van der Waals surface area (Å²) in [6.45, 7) is 5.58. The van der Waals surface area contributed by atoms with Crippen molar-refractivity contribution in [3.63, 3.8) is 0 Å². The molecule has 0 radical (unpaired) electrons. The smallest absolute Gasteiger partial charge is 0.319 e. The first kappa shape index (κ1) is 21.9. The van der Waals surface area contributed by atoms with Gasteiger partial charge in [-0.2, -0.15) is 0 Å². The number of benzene rings is 2. The van der Waals surface area contributed by atoms with Crippen LogP contribution in [0.4, 0.5) is 19.3 Å². The van der Waals surface area contributed by atoms with Gasteiger partial charge in [0.2, 0.25) is 0 Å². The van der Waals surface area contributed by atoms with E-state index in [-0.39, 0.29) is 6.42 Å². The molecule has 0 bridgehead atoms. The van der Waals surface area contributed by atoms with Gasteiger partial charge >= 0.3 is 6.03 Å². The maximum absolute atomic E-state index is 14.0. The first-order valence-corrected chi connectivity index (χ1v) is 10.4. The van der Waals surface area contributed by atoms with Gasteiger partial charge < -0.3 is 15.7 Å². The molecule has 3 N–H and O–H groups in total. The van der Waals surface area contributed by atoms with Crippen LogP contribution in [0.2, 0.25) is 0 Å². The molecule has 166 valence electrons. The number of carbonyl (C=O) groups is 1. The number of carbonyl (C=O) groups excluding carboxylic acids is 1. The Morgan fingerprint density at radius 3 is 2.53 bits per heavy atom. The van der Waals surface area contributed by atoms with Crippen molar-refractivity contribution in [1.82, 2.24) is 10.3 Å². The Labute approximate surface area is 185 Å². The molecule has 1 heterocycles. The van der Waals surface area contributed by atoms with Gasteiger partial charge in [0.1, 0.15) is 0 Å². The molecule has 0 saturated heterocycles. The van der Waals surface area contributed by atoms with E-state index in [1.54, 1.807) is 12.3 Å². The van der Waals surface area contributed by atoms with E-state index in [0.717, 1.165) is 23.3 Å². The number of hydrogen-bond acceptors (Lipinski definition) is 3. The van der Waals surface area contributed by atoms with Crippen molar-refractivity contribution in [3.05, 3.63) is 83.1 Å². The Balaban J connectivity index is 1.63. The van der Waals surface area contributed by atoms with Crippen molar-refractivity contribution in [3.8, 4) is 11.3 Å². The van der Waals surface area contributed by atoms with Crippen molar-refractivity contribution in [1.29, 1.82) is 0 Å². The van der Waals surface area contributed by atoms with Crippen LogP contribution in [-0.2, 0) is 5.41 Å². The molecule has 2 unspecified atom stereocenters. The highest BCUT2D eigenvalue weighted by Gasteiger charge is 2.40. The monoisotopic (exact) mass is 437 g/mol. The summed E-state index contributed by atoms with van der Waals surface area (Å²) in [5.41, 5.74) is 3.17. The zero-order chi connectivity index (χ0) is 23.0. The maximum atomic E-state index is 14.0. The van der Waals surface area contributed by atoms with Gasteiger partial charge in [0, 0.05) is 11.8 Å². The molecule has 1 aliphatic carbocycles. The molecule has 3 aromatic rings. The third-order valence-electron chi connectivity index (χ3n) is 5.87. The number of urea groups is 1. The molecule has 1 aromatic heterocycles. The summed E-state index contributed by atoms with van der Waals surface area (Å²) < 4.78 is 28.0. The van der Waals surface area contributed by atoms with Crippen LogP contribution < -0.4 is 10.6 Å². The predicted molar refractivity (Wildman–Crippen MR) is 119 cm³/mol. The summed E-state index contributed by atoms with van der Waals surface area (Å²) in [5, 5.41) is 16.3. The predicted octanol–water partition coefficient (Wildman–Crippen LogP) is 5.24. The summed E-state index contributed by atoms with van der Waals surface area (Å²) >= 11 is 0. The van der Waals surface area contributed by atoms with Gasteiger partial charge in [-0.3, -0.25) is 4.98 Å². The van der Waals surface area contributed by atoms with E-state index in [4.69, 9.17) is 0 Å². The fraction of sp³-hybridized carbons (Fsp3) is 0.280. The van der Waals surface area contributed by atoms with E-state index in [2.05, 4.69) is 15.6 Å². The first-order chi connectivity index (χ1) is 15.2. The molecule has 0 fully saturated rings. The van der Waals surface area contributed by atoms with Gasteiger partial charge in [-0.05, 0) is 53.6 Å². The molecule has 2 amide bonds. The molecule has 0 saturated carbocycles. The summed E-state index contributed by atoms with van der Waals surface area (Å²) in [6, 6.07) is 12.0. The average molecular weight is 437 g/mol. The molecule has 0 spiro atoms. The molecule has 0 aliphatic heterocycles. The summed E-state index contributed by atoms with van der Waals surface area (Å²) in [6.07, 6.45) is 1.04. The number of aryl methyl sites for hydroxylation is 1. The van der Waals surface area contributed by atoms with Gasteiger partial charge in [-0.25, -0.2) is 13.6 Å². The van der Waals surface area contributed by atoms with Crippen LogP contribution in [-0.4, -0.2) is 22.2 Å². The topological polar surface area (TPSA) is 74.2 Å². The number of hydrogen-bond donors (Lipinski definition) is 3. The Morgan fingerprint density at radius 2 is 1.81 bits per heavy atom. The van der Waals surface area contributed by atoms with Crippen molar-refractivity contribution in [2.45, 2.75) is 44.8 Å². The molecular weight excluding hydrogens is 412 g/mol. The highest BCUT2D eigenvalue weighted by molar-refractivity contribution is 5.94. The van der Waals surface area contributed by atoms with Gasteiger partial charge in [0.05, 0.1) is 23.5 Å². The fourth-order valence-corrected chi connectivity index (χ4v) is 4.33. The maximum Gasteiger partial charge on any atom is 0.319 e. The van der Waals surface area contributed by atoms with Crippen molar-refractivity contribution >= 4 is 11.7 Å². The molecule has 7 heteroatoms. The quantitative estimate of drug-likeness (QED) is 0.525. The minimum absolute atomic E-state index is 0.289. The number of nitrogens with one attached hydrogen (secondary N) is 2. The zero-order valence-electron chi connectivity index (χ0n) is 18.1. The number of nitrogens with zero attached hydrogens (tertiary/aromatic N) is 1. The number of fused-ring (bicyclic) bond motifs is 1. The second kappa shape index (κ2) is 8.31. The number of anilines is 1. The van der Waals surface area contributed by atoms with Crippen molar-refractivity contribution in [2.24, 2.45) is 0 Å². The minimum Gasteiger partial charge on any atom is -0.391 e. The van der Waals surface area contributed by atoms with Crippen LogP contribution >= 0.6 is 0 Å². The molecule has 2 aromatic carbocycles. The lowest BCUT2D eigenvalue weighted by molar-refractivity contribution is 0.0878. The highest BCUT2D eigenvalue weighted by atomic mass is 19.2. The molecule has 5 nitrogen and oxygen atoms in total. The fourth-order valence-electron chi connectivity index (χ4n) is 4.33. The van der Waals surface area contributed by atoms with Gasteiger partial charge in [-0.1, -0.05) is 44.2 Å². The minimum atomic E-state index is -1.02. The van der Waals surface area contributed by atoms with Crippen molar-refractivity contribution < 1.29 is 18.7 Å². The summed E-state index contributed by atoms with van der Waals surface area (Å²) in [7, 11) is 0. The number of pyridine rings is 1. The Morgan fingerprint density at radius 1 is 1.12 bits per heavy atom. The second-order valence-corrected chi connectivity index (χ2v) is 8.86. The molecule has 4 rings (SSSR count). The molecule has 2 atom stereocenters. The number of aliphatic hydroxyl groups is 1. The van der Waals surface area contributed by atoms with E-state index >= 15 is 0 Å². The average Bonchev–Trinajstić information content (AvgIpc) is 2.73. The number of amides is 2. The third kappa shape index (κ3) is 4.21. The number of halogens is 2. The van der Waals surface area contributed by atoms with Gasteiger partial charge in [0.15, 0.2) is 11.6 Å². The standard InChI is InChI=1S/C25H25F2N3O2/c1-14-9-20(22(28-13-14)15-7-5-4-6-8-15)29-24(32)30-23-16-10-18(26)19(27)11-17(16)25(2,3)12-21(23)31/h4-11,13,21,23,31H,12H2,1-3H3,(H2,29,30,32). The Hall–Kier alpha value is -3.32. The lowest BCUT2D eigenvalue weighted by atomic mass is 9.69. The van der Waals surface area contributed by atoms with Gasteiger partial charge in [-0.15, -0.1) is 0 Å². The first-order valence-electron chi connectivity index (χ1n) is 10.4. The lowest BCUT2D eigenvalue weighted by Crippen LogP contribution is -2.45. The van der Waals surface area contributed by atoms with E-state index in [9.17, 15) is 18.7 Å². The normalized spacial score (nSPS) is 19.2. The highest BCUT2D eigenvalue weighted by Crippen LogP contribution is 2.42. The number of rotatable bonds is 3.